The second-order valence-electron chi connectivity index (χ2n) is 4.83. The number of benzene rings is 2. The van der Waals surface area contributed by atoms with Gasteiger partial charge in [0.2, 0.25) is 0 Å². The molecule has 2 heterocycles. The van der Waals surface area contributed by atoms with Crippen LogP contribution in [0.5, 0.6) is 0 Å². The second-order valence-corrected chi connectivity index (χ2v) is 4.83. The van der Waals surface area contributed by atoms with Crippen molar-refractivity contribution in [3.05, 3.63) is 79.1 Å². The van der Waals surface area contributed by atoms with E-state index in [1.165, 1.54) is 27.4 Å². The monoisotopic (exact) mass is 243 g/mol. The Labute approximate surface area is 111 Å². The maximum atomic E-state index is 2.24. The summed E-state index contributed by atoms with van der Waals surface area (Å²) in [5.41, 5.74) is 3.75. The molecule has 90 valence electrons. The van der Waals surface area contributed by atoms with E-state index in [0.717, 1.165) is 0 Å². The molecular weight excluding hydrogens is 230 g/mol. The smallest absolute Gasteiger partial charge is 0.0462 e. The first-order chi connectivity index (χ1) is 9.40. The molecule has 0 spiro atoms. The predicted molar refractivity (Wildman–Crippen MR) is 80.3 cm³/mol. The first-order valence-electron chi connectivity index (χ1n) is 6.46. The molecule has 2 aromatic carbocycles. The molecule has 0 aliphatic carbocycles. The Kier molecular flexibility index (Phi) is 2.18. The van der Waals surface area contributed by atoms with E-state index in [-0.39, 0.29) is 0 Å². The lowest BCUT2D eigenvalue weighted by Crippen LogP contribution is -1.81. The molecule has 19 heavy (non-hydrogen) atoms. The Bertz CT molecular complexity index is 804. The summed E-state index contributed by atoms with van der Waals surface area (Å²) in [7, 11) is 0. The van der Waals surface area contributed by atoms with Gasteiger partial charge in [-0.3, -0.25) is 0 Å². The summed E-state index contributed by atoms with van der Waals surface area (Å²) >= 11 is 0. The van der Waals surface area contributed by atoms with Gasteiger partial charge >= 0.3 is 0 Å². The summed E-state index contributed by atoms with van der Waals surface area (Å²) in [6.07, 6.45) is 4.38. The third-order valence-corrected chi connectivity index (χ3v) is 3.56. The molecular formula is C18H13N. The Hall–Kier alpha value is -2.54. The molecule has 0 radical (unpaired) electrons. The van der Waals surface area contributed by atoms with E-state index >= 15 is 0 Å². The van der Waals surface area contributed by atoms with Crippen LogP contribution in [0.4, 0.5) is 0 Å². The van der Waals surface area contributed by atoms with E-state index in [2.05, 4.69) is 77.5 Å². The Morgan fingerprint density at radius 2 is 1.32 bits per heavy atom. The molecule has 0 atom stereocenters. The third-order valence-electron chi connectivity index (χ3n) is 3.56. The van der Waals surface area contributed by atoms with Crippen LogP contribution in [0.2, 0.25) is 0 Å². The zero-order valence-electron chi connectivity index (χ0n) is 10.5. The molecule has 0 aliphatic rings. The van der Waals surface area contributed by atoms with E-state index < -0.39 is 0 Å². The first-order valence-corrected chi connectivity index (χ1v) is 6.46. The number of rotatable bonds is 1. The van der Waals surface area contributed by atoms with Crippen molar-refractivity contribution < 1.29 is 0 Å². The maximum Gasteiger partial charge on any atom is 0.0462 e. The molecule has 0 unspecified atom stereocenters. The Balaban J connectivity index is 1.98. The fourth-order valence-electron chi connectivity index (χ4n) is 2.58. The molecule has 1 heteroatoms. The SMILES string of the molecule is c1ccc(-c2cc3cc4ccccc4cn3c2)cc1. The molecule has 0 saturated carbocycles. The zero-order valence-corrected chi connectivity index (χ0v) is 10.5. The van der Waals surface area contributed by atoms with Gasteiger partial charge in [0.25, 0.3) is 0 Å². The van der Waals surface area contributed by atoms with Gasteiger partial charge in [-0.05, 0) is 28.5 Å². The fraction of sp³-hybridized carbons (Fsp3) is 0. The molecule has 0 N–H and O–H groups in total. The lowest BCUT2D eigenvalue weighted by molar-refractivity contribution is 1.22. The Morgan fingerprint density at radius 3 is 2.16 bits per heavy atom. The predicted octanol–water partition coefficient (Wildman–Crippen LogP) is 4.76. The largest absolute Gasteiger partial charge is 0.323 e. The minimum absolute atomic E-state index is 1.23. The van der Waals surface area contributed by atoms with Gasteiger partial charge in [-0.2, -0.15) is 0 Å². The maximum absolute atomic E-state index is 2.24. The van der Waals surface area contributed by atoms with Gasteiger partial charge in [-0.15, -0.1) is 0 Å². The van der Waals surface area contributed by atoms with Crippen LogP contribution < -0.4 is 0 Å². The number of pyridine rings is 1. The second kappa shape index (κ2) is 3.99. The van der Waals surface area contributed by atoms with E-state index in [1.54, 1.807) is 0 Å². The van der Waals surface area contributed by atoms with Crippen LogP contribution in [0.3, 0.4) is 0 Å². The van der Waals surface area contributed by atoms with Crippen molar-refractivity contribution in [2.75, 3.05) is 0 Å². The summed E-state index contributed by atoms with van der Waals surface area (Å²) in [4.78, 5) is 0. The molecule has 4 rings (SSSR count). The molecule has 0 fully saturated rings. The zero-order chi connectivity index (χ0) is 12.7. The number of fused-ring (bicyclic) bond motifs is 2. The van der Waals surface area contributed by atoms with Crippen LogP contribution in [0.15, 0.2) is 79.1 Å². The summed E-state index contributed by atoms with van der Waals surface area (Å²) in [6.45, 7) is 0. The van der Waals surface area contributed by atoms with Crippen LogP contribution in [0.25, 0.3) is 27.4 Å². The van der Waals surface area contributed by atoms with Crippen LogP contribution in [-0.2, 0) is 0 Å². The van der Waals surface area contributed by atoms with Crippen molar-refractivity contribution in [3.63, 3.8) is 0 Å². The van der Waals surface area contributed by atoms with Crippen LogP contribution in [0.1, 0.15) is 0 Å². The van der Waals surface area contributed by atoms with E-state index in [1.807, 2.05) is 6.07 Å². The summed E-state index contributed by atoms with van der Waals surface area (Å²) in [5.74, 6) is 0. The highest BCUT2D eigenvalue weighted by molar-refractivity contribution is 5.87. The third kappa shape index (κ3) is 1.71. The van der Waals surface area contributed by atoms with Crippen LogP contribution in [0, 0.1) is 0 Å². The summed E-state index contributed by atoms with van der Waals surface area (Å²) in [6, 6.07) is 23.4. The molecule has 0 saturated heterocycles. The van der Waals surface area contributed by atoms with Crippen molar-refractivity contribution in [3.8, 4) is 11.1 Å². The molecule has 4 aromatic rings. The van der Waals surface area contributed by atoms with Gasteiger partial charge in [0, 0.05) is 23.5 Å². The quantitative estimate of drug-likeness (QED) is 0.454. The number of hydrogen-bond acceptors (Lipinski definition) is 0. The van der Waals surface area contributed by atoms with Crippen molar-refractivity contribution in [1.29, 1.82) is 0 Å². The molecule has 1 nitrogen and oxygen atoms in total. The number of nitrogens with zero attached hydrogens (tertiary/aromatic N) is 1. The van der Waals surface area contributed by atoms with Gasteiger partial charge in [0.05, 0.1) is 0 Å². The molecule has 2 aromatic heterocycles. The normalized spacial score (nSPS) is 11.2. The van der Waals surface area contributed by atoms with E-state index in [4.69, 9.17) is 0 Å². The van der Waals surface area contributed by atoms with Crippen molar-refractivity contribution in [2.24, 2.45) is 0 Å². The van der Waals surface area contributed by atoms with Crippen molar-refractivity contribution >= 4 is 16.3 Å². The molecule has 0 amide bonds. The van der Waals surface area contributed by atoms with Gasteiger partial charge in [-0.25, -0.2) is 0 Å². The summed E-state index contributed by atoms with van der Waals surface area (Å²) in [5, 5.41) is 2.55. The van der Waals surface area contributed by atoms with Crippen molar-refractivity contribution in [1.82, 2.24) is 4.40 Å². The van der Waals surface area contributed by atoms with Gasteiger partial charge < -0.3 is 4.40 Å². The minimum atomic E-state index is 1.23. The average Bonchev–Trinajstić information content (AvgIpc) is 2.88. The van der Waals surface area contributed by atoms with Crippen LogP contribution >= 0.6 is 0 Å². The van der Waals surface area contributed by atoms with Crippen molar-refractivity contribution in [2.45, 2.75) is 0 Å². The number of hydrogen-bond donors (Lipinski definition) is 0. The topological polar surface area (TPSA) is 4.41 Å². The van der Waals surface area contributed by atoms with Gasteiger partial charge in [-0.1, -0.05) is 54.6 Å². The van der Waals surface area contributed by atoms with Crippen LogP contribution in [-0.4, -0.2) is 4.40 Å². The minimum Gasteiger partial charge on any atom is -0.323 e. The lowest BCUT2D eigenvalue weighted by atomic mass is 10.1. The Morgan fingerprint density at radius 1 is 0.579 bits per heavy atom. The highest BCUT2D eigenvalue weighted by Gasteiger charge is 2.03. The lowest BCUT2D eigenvalue weighted by Gasteiger charge is -1.99. The first kappa shape index (κ1) is 10.4. The van der Waals surface area contributed by atoms with Gasteiger partial charge in [0.15, 0.2) is 0 Å². The molecule has 0 bridgehead atoms. The molecule has 0 aliphatic heterocycles. The fourth-order valence-corrected chi connectivity index (χ4v) is 2.58. The highest BCUT2D eigenvalue weighted by atomic mass is 14.9. The van der Waals surface area contributed by atoms with Gasteiger partial charge in [0.1, 0.15) is 0 Å². The number of aromatic nitrogens is 1. The standard InChI is InChI=1S/C18H13N/c1-2-6-14(7-3-1)17-11-18-10-15-8-4-5-9-16(15)12-19(18)13-17/h1-13H. The average molecular weight is 243 g/mol. The summed E-state index contributed by atoms with van der Waals surface area (Å²) < 4.78 is 2.20. The van der Waals surface area contributed by atoms with E-state index in [9.17, 15) is 0 Å². The highest BCUT2D eigenvalue weighted by Crippen LogP contribution is 2.25. The van der Waals surface area contributed by atoms with E-state index in [0.29, 0.717) is 0 Å².